The topological polar surface area (TPSA) is 63.1 Å². The molecule has 0 amide bonds. The lowest BCUT2D eigenvalue weighted by Gasteiger charge is -2.36. The van der Waals surface area contributed by atoms with Gasteiger partial charge in [-0.3, -0.25) is 4.90 Å². The molecular weight excluding hydrogens is 521 g/mol. The van der Waals surface area contributed by atoms with Crippen molar-refractivity contribution in [3.63, 3.8) is 0 Å². The molecule has 0 aliphatic carbocycles. The molecule has 0 spiro atoms. The lowest BCUT2D eigenvalue weighted by atomic mass is 10.1. The van der Waals surface area contributed by atoms with Gasteiger partial charge in [-0.15, -0.1) is 35.3 Å². The number of hydrogen-bond acceptors (Lipinski definition) is 5. The second-order valence-electron chi connectivity index (χ2n) is 7.89. The quantitative estimate of drug-likeness (QED) is 0.191. The number of aliphatic imine (C=N–C) groups is 1. The normalized spacial score (nSPS) is 17.0. The number of rotatable bonds is 9. The average Bonchev–Trinajstić information content (AvgIpc) is 3.32. The Morgan fingerprint density at radius 2 is 1.84 bits per heavy atom. The molecule has 0 saturated carbocycles. The fraction of sp³-hybridized carbons (Fsp3) is 0.522. The number of hydrogen-bond donors (Lipinski definition) is 3. The van der Waals surface area contributed by atoms with Crippen LogP contribution in [0.15, 0.2) is 52.8 Å². The third-order valence-corrected chi connectivity index (χ3v) is 6.50. The number of para-hydroxylation sites is 1. The highest BCUT2D eigenvalue weighted by molar-refractivity contribution is 14.0. The van der Waals surface area contributed by atoms with Gasteiger partial charge in [0.1, 0.15) is 5.60 Å². The van der Waals surface area contributed by atoms with Gasteiger partial charge in [-0.1, -0.05) is 24.3 Å². The first-order chi connectivity index (χ1) is 14.6. The number of anilines is 1. The number of guanidine groups is 1. The first-order valence-corrected chi connectivity index (χ1v) is 11.8. The Balaban J connectivity index is 0.00000341. The second-order valence-corrected chi connectivity index (χ2v) is 8.84. The highest BCUT2D eigenvalue weighted by Crippen LogP contribution is 2.25. The van der Waals surface area contributed by atoms with Crippen molar-refractivity contribution < 1.29 is 5.11 Å². The summed E-state index contributed by atoms with van der Waals surface area (Å²) in [6.07, 6.45) is 1.07. The van der Waals surface area contributed by atoms with Crippen LogP contribution in [0, 0.1) is 0 Å². The summed E-state index contributed by atoms with van der Waals surface area (Å²) in [7, 11) is 0. The number of halogens is 1. The van der Waals surface area contributed by atoms with Crippen LogP contribution in [0.4, 0.5) is 5.69 Å². The van der Waals surface area contributed by atoms with E-state index in [2.05, 4.69) is 62.7 Å². The lowest BCUT2D eigenvalue weighted by molar-refractivity contribution is 0.0711. The number of piperazine rings is 1. The molecule has 31 heavy (non-hydrogen) atoms. The minimum absolute atomic E-state index is 0. The van der Waals surface area contributed by atoms with Gasteiger partial charge in [0.2, 0.25) is 0 Å². The van der Waals surface area contributed by atoms with Crippen LogP contribution in [0.3, 0.4) is 0 Å². The van der Waals surface area contributed by atoms with Crippen molar-refractivity contribution >= 4 is 47.0 Å². The smallest absolute Gasteiger partial charge is 0.191 e. The van der Waals surface area contributed by atoms with Crippen molar-refractivity contribution in [2.75, 3.05) is 57.3 Å². The zero-order valence-corrected chi connectivity index (χ0v) is 21.7. The maximum atomic E-state index is 10.7. The molecule has 2 aromatic rings. The summed E-state index contributed by atoms with van der Waals surface area (Å²) in [6, 6.07) is 14.6. The van der Waals surface area contributed by atoms with Crippen molar-refractivity contribution in [3.8, 4) is 0 Å². The molecule has 6 nitrogen and oxygen atoms in total. The molecule has 1 fully saturated rings. The third kappa shape index (κ3) is 8.25. The second kappa shape index (κ2) is 13.2. The fourth-order valence-electron chi connectivity index (χ4n) is 3.62. The highest BCUT2D eigenvalue weighted by atomic mass is 127. The Morgan fingerprint density at radius 3 is 2.48 bits per heavy atom. The molecule has 0 radical (unpaired) electrons. The van der Waals surface area contributed by atoms with Gasteiger partial charge in [0.05, 0.1) is 6.54 Å². The Bertz CT molecular complexity index is 762. The van der Waals surface area contributed by atoms with Gasteiger partial charge in [0, 0.05) is 49.8 Å². The van der Waals surface area contributed by atoms with Crippen molar-refractivity contribution in [1.29, 1.82) is 0 Å². The van der Waals surface area contributed by atoms with Crippen molar-refractivity contribution in [2.24, 2.45) is 4.99 Å². The van der Waals surface area contributed by atoms with Crippen LogP contribution in [0.25, 0.3) is 0 Å². The lowest BCUT2D eigenvalue weighted by Crippen LogP contribution is -2.47. The predicted molar refractivity (Wildman–Crippen MR) is 143 cm³/mol. The molecule has 0 bridgehead atoms. The molecule has 3 N–H and O–H groups in total. The molecule has 1 aliphatic heterocycles. The number of benzene rings is 1. The van der Waals surface area contributed by atoms with E-state index in [1.54, 1.807) is 11.3 Å². The van der Waals surface area contributed by atoms with Gasteiger partial charge in [-0.25, -0.2) is 4.99 Å². The van der Waals surface area contributed by atoms with E-state index < -0.39 is 5.60 Å². The monoisotopic (exact) mass is 557 g/mol. The predicted octanol–water partition coefficient (Wildman–Crippen LogP) is 3.34. The summed E-state index contributed by atoms with van der Waals surface area (Å²) >= 11 is 1.56. The molecular formula is C23H36IN5OS. The van der Waals surface area contributed by atoms with Crippen LogP contribution < -0.4 is 15.5 Å². The van der Waals surface area contributed by atoms with Crippen LogP contribution >= 0.6 is 35.3 Å². The minimum Gasteiger partial charge on any atom is -0.383 e. The van der Waals surface area contributed by atoms with Crippen LogP contribution in [-0.2, 0) is 5.60 Å². The maximum absolute atomic E-state index is 10.7. The third-order valence-electron chi connectivity index (χ3n) is 5.38. The molecule has 1 aliphatic rings. The summed E-state index contributed by atoms with van der Waals surface area (Å²) < 4.78 is 0. The summed E-state index contributed by atoms with van der Waals surface area (Å²) in [6.45, 7) is 11.3. The fourth-order valence-corrected chi connectivity index (χ4v) is 4.39. The number of thiophene rings is 1. The largest absolute Gasteiger partial charge is 0.383 e. The van der Waals surface area contributed by atoms with E-state index in [4.69, 9.17) is 0 Å². The van der Waals surface area contributed by atoms with E-state index in [1.807, 2.05) is 24.4 Å². The zero-order chi connectivity index (χ0) is 21.2. The van der Waals surface area contributed by atoms with E-state index in [0.29, 0.717) is 6.54 Å². The summed E-state index contributed by atoms with van der Waals surface area (Å²) in [5.41, 5.74) is 0.387. The Morgan fingerprint density at radius 1 is 1.10 bits per heavy atom. The van der Waals surface area contributed by atoms with E-state index in [1.165, 1.54) is 5.69 Å². The molecule has 1 unspecified atom stereocenters. The molecule has 3 rings (SSSR count). The van der Waals surface area contributed by atoms with Crippen molar-refractivity contribution in [3.05, 3.63) is 52.7 Å². The van der Waals surface area contributed by atoms with Gasteiger partial charge in [0.25, 0.3) is 0 Å². The maximum Gasteiger partial charge on any atom is 0.191 e. The SMILES string of the molecule is CCNC(=NCC(C)(O)c1cccs1)NCCCN1CCN(c2ccccc2)CC1.I. The highest BCUT2D eigenvalue weighted by Gasteiger charge is 2.24. The van der Waals surface area contributed by atoms with Gasteiger partial charge >= 0.3 is 0 Å². The molecule has 1 aromatic carbocycles. The molecule has 1 aromatic heterocycles. The minimum atomic E-state index is -0.936. The van der Waals surface area contributed by atoms with Crippen LogP contribution in [-0.4, -0.2) is 68.3 Å². The standard InChI is InChI=1S/C23H35N5OS.HI/c1-3-24-22(26-19-23(2,29)21-11-7-18-30-21)25-12-8-13-27-14-16-28(17-15-27)20-9-5-4-6-10-20;/h4-7,9-11,18,29H,3,8,12-17,19H2,1-2H3,(H2,24,25,26);1H. The van der Waals surface area contributed by atoms with Gasteiger partial charge in [-0.05, 0) is 50.4 Å². The number of aliphatic hydroxyl groups is 1. The van der Waals surface area contributed by atoms with Crippen LogP contribution in [0.1, 0.15) is 25.1 Å². The van der Waals surface area contributed by atoms with Crippen molar-refractivity contribution in [1.82, 2.24) is 15.5 Å². The molecule has 2 heterocycles. The average molecular weight is 558 g/mol. The molecule has 8 heteroatoms. The van der Waals surface area contributed by atoms with Crippen molar-refractivity contribution in [2.45, 2.75) is 25.9 Å². The number of nitrogens with zero attached hydrogens (tertiary/aromatic N) is 3. The van der Waals surface area contributed by atoms with E-state index >= 15 is 0 Å². The Kier molecular flexibility index (Phi) is 11.1. The van der Waals surface area contributed by atoms with E-state index in [-0.39, 0.29) is 24.0 Å². The van der Waals surface area contributed by atoms with E-state index in [9.17, 15) is 5.11 Å². The summed E-state index contributed by atoms with van der Waals surface area (Å²) in [5.74, 6) is 0.767. The Hall–Kier alpha value is -1.36. The zero-order valence-electron chi connectivity index (χ0n) is 18.6. The first kappa shape index (κ1) is 25.9. The first-order valence-electron chi connectivity index (χ1n) is 10.9. The van der Waals surface area contributed by atoms with Crippen LogP contribution in [0.2, 0.25) is 0 Å². The van der Waals surface area contributed by atoms with Gasteiger partial charge in [0.15, 0.2) is 5.96 Å². The number of nitrogens with one attached hydrogen (secondary N) is 2. The van der Waals surface area contributed by atoms with Gasteiger partial charge in [-0.2, -0.15) is 0 Å². The van der Waals surface area contributed by atoms with E-state index in [0.717, 1.165) is 63.1 Å². The molecule has 172 valence electrons. The van der Waals surface area contributed by atoms with Crippen LogP contribution in [0.5, 0.6) is 0 Å². The Labute approximate surface area is 207 Å². The molecule has 1 saturated heterocycles. The summed E-state index contributed by atoms with van der Waals surface area (Å²) in [4.78, 5) is 10.5. The van der Waals surface area contributed by atoms with Gasteiger partial charge < -0.3 is 20.6 Å². The molecule has 1 atom stereocenters. The summed E-state index contributed by atoms with van der Waals surface area (Å²) in [5, 5.41) is 19.3.